The van der Waals surface area contributed by atoms with Crippen molar-refractivity contribution in [1.29, 1.82) is 0 Å². The Balaban J connectivity index is 1.84. The van der Waals surface area contributed by atoms with Crippen molar-refractivity contribution in [3.8, 4) is 0 Å². The Morgan fingerprint density at radius 2 is 0.905 bits per heavy atom. The molecule has 0 aromatic heterocycles. The van der Waals surface area contributed by atoms with Crippen molar-refractivity contribution in [3.63, 3.8) is 0 Å². The maximum atomic E-state index is 4.13. The third kappa shape index (κ3) is 12.3. The fourth-order valence-corrected chi connectivity index (χ4v) is 5.75. The minimum Gasteiger partial charge on any atom is -0.159 e. The van der Waals surface area contributed by atoms with Gasteiger partial charge in [-0.2, -0.15) is 10.2 Å². The molecule has 0 heterocycles. The van der Waals surface area contributed by atoms with E-state index in [0.29, 0.717) is 0 Å². The lowest BCUT2D eigenvalue weighted by atomic mass is 9.72. The molecule has 0 N–H and O–H groups in total. The summed E-state index contributed by atoms with van der Waals surface area (Å²) in [6.07, 6.45) is 36.8. The van der Waals surface area contributed by atoms with Crippen LogP contribution in [0.1, 0.15) is 108 Å². The highest BCUT2D eigenvalue weighted by molar-refractivity contribution is 5.76. The smallest absolute Gasteiger partial charge is 0.0498 e. The molecule has 2 aliphatic rings. The largest absolute Gasteiger partial charge is 0.159 e. The molecule has 2 aliphatic carbocycles. The molecule has 42 heavy (non-hydrogen) atoms. The Hall–Kier alpha value is -3.26. The van der Waals surface area contributed by atoms with Crippen molar-refractivity contribution in [2.75, 3.05) is 0 Å². The molecular formula is C40H56N2. The Kier molecular flexibility index (Phi) is 14.1. The highest BCUT2D eigenvalue weighted by Crippen LogP contribution is 2.41. The number of hydrogen-bond acceptors (Lipinski definition) is 2. The van der Waals surface area contributed by atoms with Crippen LogP contribution < -0.4 is 0 Å². The summed E-state index contributed by atoms with van der Waals surface area (Å²) in [4.78, 5) is 0. The van der Waals surface area contributed by atoms with Gasteiger partial charge in [-0.1, -0.05) is 111 Å². The van der Waals surface area contributed by atoms with Crippen LogP contribution in [0.3, 0.4) is 0 Å². The van der Waals surface area contributed by atoms with E-state index in [4.69, 9.17) is 0 Å². The second-order valence-corrected chi connectivity index (χ2v) is 13.4. The molecule has 0 radical (unpaired) electrons. The van der Waals surface area contributed by atoms with Crippen LogP contribution >= 0.6 is 0 Å². The van der Waals surface area contributed by atoms with Gasteiger partial charge in [-0.25, -0.2) is 0 Å². The van der Waals surface area contributed by atoms with E-state index < -0.39 is 0 Å². The van der Waals surface area contributed by atoms with Crippen molar-refractivity contribution < 1.29 is 0 Å². The Morgan fingerprint density at radius 1 is 0.548 bits per heavy atom. The first-order valence-corrected chi connectivity index (χ1v) is 15.7. The van der Waals surface area contributed by atoms with Crippen LogP contribution in [0.5, 0.6) is 0 Å². The molecule has 2 rings (SSSR count). The molecule has 0 saturated heterocycles. The summed E-state index contributed by atoms with van der Waals surface area (Å²) >= 11 is 0. The van der Waals surface area contributed by atoms with Crippen molar-refractivity contribution in [2.45, 2.75) is 108 Å². The van der Waals surface area contributed by atoms with E-state index in [1.54, 1.807) is 12.4 Å². The number of allylic oxidation sites excluding steroid dienone is 20. The van der Waals surface area contributed by atoms with Gasteiger partial charge in [0.05, 0.1) is 0 Å². The van der Waals surface area contributed by atoms with Crippen LogP contribution in [0.25, 0.3) is 0 Å². The molecule has 0 aliphatic heterocycles. The van der Waals surface area contributed by atoms with Gasteiger partial charge in [-0.15, -0.1) is 0 Å². The lowest BCUT2D eigenvalue weighted by molar-refractivity contribution is 0.376. The van der Waals surface area contributed by atoms with Crippen LogP contribution in [-0.4, -0.2) is 12.4 Å². The van der Waals surface area contributed by atoms with Crippen LogP contribution in [0.4, 0.5) is 0 Å². The minimum atomic E-state index is 0.277. The molecule has 0 bridgehead atoms. The Labute approximate surface area is 258 Å². The Bertz CT molecular complexity index is 1200. The van der Waals surface area contributed by atoms with Gasteiger partial charge in [0.1, 0.15) is 0 Å². The van der Waals surface area contributed by atoms with Gasteiger partial charge in [-0.05, 0) is 125 Å². The van der Waals surface area contributed by atoms with E-state index in [0.717, 1.165) is 11.1 Å². The zero-order valence-electron chi connectivity index (χ0n) is 28.2. The van der Waals surface area contributed by atoms with E-state index in [1.165, 1.54) is 72.0 Å². The first kappa shape index (κ1) is 34.9. The van der Waals surface area contributed by atoms with Crippen LogP contribution in [-0.2, 0) is 0 Å². The third-order valence-corrected chi connectivity index (χ3v) is 8.42. The maximum Gasteiger partial charge on any atom is 0.0498 e. The first-order chi connectivity index (χ1) is 19.8. The molecule has 0 fully saturated rings. The van der Waals surface area contributed by atoms with Gasteiger partial charge in [0, 0.05) is 12.4 Å². The summed E-state index contributed by atoms with van der Waals surface area (Å²) in [6.45, 7) is 22.4. The molecule has 226 valence electrons. The average molecular weight is 565 g/mol. The number of rotatable bonds is 11. The first-order valence-electron chi connectivity index (χ1n) is 15.7. The molecule has 0 aromatic carbocycles. The van der Waals surface area contributed by atoms with E-state index in [-0.39, 0.29) is 10.8 Å². The zero-order chi connectivity index (χ0) is 31.2. The summed E-state index contributed by atoms with van der Waals surface area (Å²) in [7, 11) is 0. The van der Waals surface area contributed by atoms with Gasteiger partial charge in [0.15, 0.2) is 0 Å². The molecule has 0 unspecified atom stereocenters. The van der Waals surface area contributed by atoms with E-state index in [9.17, 15) is 0 Å². The van der Waals surface area contributed by atoms with E-state index in [1.807, 2.05) is 12.2 Å². The fraction of sp³-hybridized carbons (Fsp3) is 0.450. The number of hydrogen-bond donors (Lipinski definition) is 0. The van der Waals surface area contributed by atoms with Crippen LogP contribution in [0, 0.1) is 10.8 Å². The van der Waals surface area contributed by atoms with Gasteiger partial charge < -0.3 is 0 Å². The monoisotopic (exact) mass is 564 g/mol. The third-order valence-electron chi connectivity index (χ3n) is 8.42. The molecule has 0 atom stereocenters. The summed E-state index contributed by atoms with van der Waals surface area (Å²) in [5.41, 5.74) is 11.4. The lowest BCUT2D eigenvalue weighted by Gasteiger charge is -2.33. The van der Waals surface area contributed by atoms with Gasteiger partial charge >= 0.3 is 0 Å². The van der Waals surface area contributed by atoms with Crippen LogP contribution in [0.2, 0.25) is 0 Å². The molecule has 0 amide bonds. The van der Waals surface area contributed by atoms with Crippen molar-refractivity contribution in [1.82, 2.24) is 0 Å². The Morgan fingerprint density at radius 3 is 1.26 bits per heavy atom. The van der Waals surface area contributed by atoms with Crippen molar-refractivity contribution in [3.05, 3.63) is 117 Å². The normalized spacial score (nSPS) is 21.7. The van der Waals surface area contributed by atoms with E-state index in [2.05, 4.69) is 140 Å². The number of nitrogens with zero attached hydrogens (tertiary/aromatic N) is 2. The lowest BCUT2D eigenvalue weighted by Crippen LogP contribution is -2.19. The summed E-state index contributed by atoms with van der Waals surface area (Å²) in [5.74, 6) is 0. The van der Waals surface area contributed by atoms with Crippen LogP contribution in [0.15, 0.2) is 128 Å². The molecule has 0 saturated carbocycles. The summed E-state index contributed by atoms with van der Waals surface area (Å²) in [6, 6.07) is 0. The second kappa shape index (κ2) is 17.0. The zero-order valence-corrected chi connectivity index (χ0v) is 28.2. The van der Waals surface area contributed by atoms with Crippen molar-refractivity contribution >= 4 is 12.4 Å². The predicted molar refractivity (Wildman–Crippen MR) is 189 cm³/mol. The predicted octanol–water partition coefficient (Wildman–Crippen LogP) is 12.1. The topological polar surface area (TPSA) is 24.7 Å². The minimum absolute atomic E-state index is 0.277. The molecule has 2 heteroatoms. The van der Waals surface area contributed by atoms with Gasteiger partial charge in [0.2, 0.25) is 0 Å². The maximum absolute atomic E-state index is 4.13. The average Bonchev–Trinajstić information content (AvgIpc) is 2.89. The molecule has 2 nitrogen and oxygen atoms in total. The standard InChI is InChI=1S/C40H56N2/c1-31(21-23-37-35(5)19-13-27-39(37,7)8)15-11-17-33(3)25-29-41-42-30-26-34(4)18-12-16-32(2)22-24-38-36(6)20-14-28-40(38,9)10/h11-12,15-18,21-26,29-30H,13-14,19-20,27-28H2,1-10H3/b17-11-,18-12+,23-21+,24-22+,31-15+,32-16-,33-25-,34-26-,41-29-,42-30-. The quantitative estimate of drug-likeness (QED) is 0.135. The molecule has 0 aromatic rings. The van der Waals surface area contributed by atoms with Crippen molar-refractivity contribution in [2.24, 2.45) is 21.0 Å². The van der Waals surface area contributed by atoms with E-state index >= 15 is 0 Å². The molecular weight excluding hydrogens is 508 g/mol. The second-order valence-electron chi connectivity index (χ2n) is 13.4. The fourth-order valence-electron chi connectivity index (χ4n) is 5.75. The van der Waals surface area contributed by atoms with Gasteiger partial charge in [0.25, 0.3) is 0 Å². The molecule has 0 spiro atoms. The highest BCUT2D eigenvalue weighted by Gasteiger charge is 2.27. The summed E-state index contributed by atoms with van der Waals surface area (Å²) < 4.78 is 0. The SMILES string of the molecule is CC1=C(/C=C/C(C)=C\C=C\C(C)=C/C=N\N=C/C=C(C)\C=C/C=C(C)/C=C/C2=C(C)CCCC2(C)C)C(C)(C)CCC1. The summed E-state index contributed by atoms with van der Waals surface area (Å²) in [5, 5.41) is 8.26. The van der Waals surface area contributed by atoms with Gasteiger partial charge in [-0.3, -0.25) is 0 Å². The highest BCUT2D eigenvalue weighted by atomic mass is 15.2.